The van der Waals surface area contributed by atoms with Crippen LogP contribution in [0.25, 0.3) is 0 Å². The van der Waals surface area contributed by atoms with Crippen LogP contribution in [-0.4, -0.2) is 47.0 Å². The van der Waals surface area contributed by atoms with Gasteiger partial charge >= 0.3 is 0 Å². The number of rotatable bonds is 4. The van der Waals surface area contributed by atoms with Crippen molar-refractivity contribution in [2.75, 3.05) is 31.2 Å². The van der Waals surface area contributed by atoms with Gasteiger partial charge in [-0.3, -0.25) is 0 Å². The Morgan fingerprint density at radius 2 is 2.00 bits per heavy atom. The Hall–Kier alpha value is -1.98. The summed E-state index contributed by atoms with van der Waals surface area (Å²) >= 11 is 0. The fraction of sp³-hybridized carbons (Fsp3) is 0.412. The van der Waals surface area contributed by atoms with E-state index in [4.69, 9.17) is 4.74 Å². The van der Waals surface area contributed by atoms with E-state index >= 15 is 0 Å². The Balaban J connectivity index is 1.82. The van der Waals surface area contributed by atoms with Gasteiger partial charge in [-0.25, -0.2) is 9.97 Å². The predicted octanol–water partition coefficient (Wildman–Crippen LogP) is 1.60. The molecule has 1 fully saturated rings. The van der Waals surface area contributed by atoms with Crippen LogP contribution in [0.3, 0.4) is 0 Å². The zero-order chi connectivity index (χ0) is 15.4. The van der Waals surface area contributed by atoms with Crippen LogP contribution in [0.1, 0.15) is 11.1 Å². The topological polar surface area (TPSA) is 58.5 Å². The van der Waals surface area contributed by atoms with Crippen molar-refractivity contribution in [3.8, 4) is 0 Å². The van der Waals surface area contributed by atoms with Gasteiger partial charge in [-0.1, -0.05) is 24.3 Å². The number of aromatic nitrogens is 2. The summed E-state index contributed by atoms with van der Waals surface area (Å²) < 4.78 is 5.98. The SMILES string of the molecule is Cc1ccccc1CC1(CO)CN(c2ncccn2)CCO1. The summed E-state index contributed by atoms with van der Waals surface area (Å²) in [5.74, 6) is 0.688. The molecule has 0 bridgehead atoms. The molecule has 0 saturated carbocycles. The number of benzene rings is 1. The second-order valence-corrected chi connectivity index (χ2v) is 5.76. The first-order valence-corrected chi connectivity index (χ1v) is 7.54. The monoisotopic (exact) mass is 299 g/mol. The zero-order valence-electron chi connectivity index (χ0n) is 12.8. The molecule has 0 radical (unpaired) electrons. The molecule has 1 aromatic heterocycles. The van der Waals surface area contributed by atoms with Crippen LogP contribution < -0.4 is 4.90 Å². The number of aliphatic hydroxyl groups excluding tert-OH is 1. The third kappa shape index (κ3) is 3.10. The molecule has 1 aromatic carbocycles. The van der Waals surface area contributed by atoms with Crippen molar-refractivity contribution in [1.29, 1.82) is 0 Å². The van der Waals surface area contributed by atoms with Crippen LogP contribution in [0, 0.1) is 6.92 Å². The molecule has 0 amide bonds. The molecule has 1 aliphatic heterocycles. The molecule has 1 N–H and O–H groups in total. The Labute approximate surface area is 130 Å². The first-order chi connectivity index (χ1) is 10.7. The number of anilines is 1. The second-order valence-electron chi connectivity index (χ2n) is 5.76. The van der Waals surface area contributed by atoms with Crippen LogP contribution in [0.2, 0.25) is 0 Å². The molecule has 1 saturated heterocycles. The predicted molar refractivity (Wildman–Crippen MR) is 84.9 cm³/mol. The molecule has 2 aromatic rings. The zero-order valence-corrected chi connectivity index (χ0v) is 12.8. The van der Waals surface area contributed by atoms with E-state index in [0.29, 0.717) is 25.5 Å². The minimum absolute atomic E-state index is 0.0231. The van der Waals surface area contributed by atoms with E-state index in [0.717, 1.165) is 6.54 Å². The fourth-order valence-electron chi connectivity index (χ4n) is 2.88. The van der Waals surface area contributed by atoms with Crippen molar-refractivity contribution in [2.45, 2.75) is 18.9 Å². The Bertz CT molecular complexity index is 620. The van der Waals surface area contributed by atoms with Gasteiger partial charge in [0.25, 0.3) is 0 Å². The summed E-state index contributed by atoms with van der Waals surface area (Å²) in [6.45, 7) is 3.94. The number of aliphatic hydroxyl groups is 1. The van der Waals surface area contributed by atoms with Gasteiger partial charge in [0, 0.05) is 25.4 Å². The van der Waals surface area contributed by atoms with Gasteiger partial charge in [0.1, 0.15) is 5.60 Å². The molecule has 116 valence electrons. The number of aryl methyl sites for hydroxylation is 1. The Kier molecular flexibility index (Phi) is 4.36. The number of ether oxygens (including phenoxy) is 1. The lowest BCUT2D eigenvalue weighted by molar-refractivity contribution is -0.0871. The van der Waals surface area contributed by atoms with Crippen molar-refractivity contribution in [1.82, 2.24) is 9.97 Å². The van der Waals surface area contributed by atoms with Crippen LogP contribution >= 0.6 is 0 Å². The summed E-state index contributed by atoms with van der Waals surface area (Å²) in [5.41, 5.74) is 1.81. The highest BCUT2D eigenvalue weighted by Gasteiger charge is 2.37. The van der Waals surface area contributed by atoms with Crippen molar-refractivity contribution < 1.29 is 9.84 Å². The van der Waals surface area contributed by atoms with E-state index in [1.807, 2.05) is 12.1 Å². The van der Waals surface area contributed by atoms with E-state index in [9.17, 15) is 5.11 Å². The third-order valence-corrected chi connectivity index (χ3v) is 4.15. The lowest BCUT2D eigenvalue weighted by atomic mass is 9.91. The summed E-state index contributed by atoms with van der Waals surface area (Å²) in [7, 11) is 0. The molecule has 1 atom stereocenters. The summed E-state index contributed by atoms with van der Waals surface area (Å²) in [4.78, 5) is 10.7. The highest BCUT2D eigenvalue weighted by Crippen LogP contribution is 2.26. The summed E-state index contributed by atoms with van der Waals surface area (Å²) in [6.07, 6.45) is 4.15. The molecular weight excluding hydrogens is 278 g/mol. The lowest BCUT2D eigenvalue weighted by Crippen LogP contribution is -2.56. The van der Waals surface area contributed by atoms with Crippen molar-refractivity contribution >= 4 is 5.95 Å². The van der Waals surface area contributed by atoms with Gasteiger partial charge in [-0.15, -0.1) is 0 Å². The molecule has 5 nitrogen and oxygen atoms in total. The second kappa shape index (κ2) is 6.42. The van der Waals surface area contributed by atoms with Gasteiger partial charge in [0.2, 0.25) is 5.95 Å². The van der Waals surface area contributed by atoms with E-state index < -0.39 is 5.60 Å². The van der Waals surface area contributed by atoms with Crippen LogP contribution in [0.4, 0.5) is 5.95 Å². The average molecular weight is 299 g/mol. The molecule has 5 heteroatoms. The smallest absolute Gasteiger partial charge is 0.225 e. The number of morpholine rings is 1. The van der Waals surface area contributed by atoms with Gasteiger partial charge in [-0.05, 0) is 24.1 Å². The van der Waals surface area contributed by atoms with Crippen LogP contribution in [-0.2, 0) is 11.2 Å². The number of hydrogen-bond donors (Lipinski definition) is 1. The van der Waals surface area contributed by atoms with Crippen LogP contribution in [0.5, 0.6) is 0 Å². The van der Waals surface area contributed by atoms with Crippen molar-refractivity contribution in [3.05, 3.63) is 53.9 Å². The summed E-state index contributed by atoms with van der Waals surface area (Å²) in [5, 5.41) is 9.97. The maximum atomic E-state index is 9.97. The quantitative estimate of drug-likeness (QED) is 0.929. The molecule has 1 unspecified atom stereocenters. The Morgan fingerprint density at radius 3 is 2.73 bits per heavy atom. The largest absolute Gasteiger partial charge is 0.393 e. The first-order valence-electron chi connectivity index (χ1n) is 7.54. The Morgan fingerprint density at radius 1 is 1.23 bits per heavy atom. The molecule has 1 aliphatic rings. The van der Waals surface area contributed by atoms with Gasteiger partial charge in [-0.2, -0.15) is 0 Å². The van der Waals surface area contributed by atoms with Crippen LogP contribution in [0.15, 0.2) is 42.7 Å². The third-order valence-electron chi connectivity index (χ3n) is 4.15. The van der Waals surface area contributed by atoms with E-state index in [2.05, 4.69) is 33.9 Å². The van der Waals surface area contributed by atoms with E-state index in [-0.39, 0.29) is 6.61 Å². The lowest BCUT2D eigenvalue weighted by Gasteiger charge is -2.42. The molecular formula is C17H21N3O2. The normalized spacial score (nSPS) is 21.8. The van der Waals surface area contributed by atoms with E-state index in [1.54, 1.807) is 18.5 Å². The molecule has 2 heterocycles. The highest BCUT2D eigenvalue weighted by atomic mass is 16.5. The van der Waals surface area contributed by atoms with Gasteiger partial charge in [0.05, 0.1) is 19.8 Å². The minimum atomic E-state index is -0.608. The minimum Gasteiger partial charge on any atom is -0.393 e. The van der Waals surface area contributed by atoms with Gasteiger partial charge < -0.3 is 14.7 Å². The maximum absolute atomic E-state index is 9.97. The highest BCUT2D eigenvalue weighted by molar-refractivity contribution is 5.33. The van der Waals surface area contributed by atoms with E-state index in [1.165, 1.54) is 11.1 Å². The number of nitrogens with zero attached hydrogens (tertiary/aromatic N) is 3. The molecule has 0 aliphatic carbocycles. The van der Waals surface area contributed by atoms with Crippen molar-refractivity contribution in [3.63, 3.8) is 0 Å². The average Bonchev–Trinajstić information content (AvgIpc) is 2.58. The fourth-order valence-corrected chi connectivity index (χ4v) is 2.88. The maximum Gasteiger partial charge on any atom is 0.225 e. The molecule has 22 heavy (non-hydrogen) atoms. The first kappa shape index (κ1) is 14.9. The molecule has 3 rings (SSSR count). The van der Waals surface area contributed by atoms with Crippen molar-refractivity contribution in [2.24, 2.45) is 0 Å². The molecule has 0 spiro atoms. The number of hydrogen-bond acceptors (Lipinski definition) is 5. The van der Waals surface area contributed by atoms with Gasteiger partial charge in [0.15, 0.2) is 0 Å². The summed E-state index contributed by atoms with van der Waals surface area (Å²) in [6, 6.07) is 10.0. The standard InChI is InChI=1S/C17H21N3O2/c1-14-5-2-3-6-15(14)11-17(13-21)12-20(9-10-22-17)16-18-7-4-8-19-16/h2-8,21H,9-13H2,1H3.